The summed E-state index contributed by atoms with van der Waals surface area (Å²) in [6, 6.07) is 0.534. The predicted octanol–water partition coefficient (Wildman–Crippen LogP) is 4.11. The van der Waals surface area contributed by atoms with Crippen molar-refractivity contribution in [1.29, 1.82) is 0 Å². The van der Waals surface area contributed by atoms with Gasteiger partial charge in [-0.2, -0.15) is 0 Å². The molecule has 0 radical (unpaired) electrons. The van der Waals surface area contributed by atoms with Gasteiger partial charge in [-0.3, -0.25) is 0 Å². The molecule has 19 heavy (non-hydrogen) atoms. The second-order valence-electron chi connectivity index (χ2n) is 6.57. The van der Waals surface area contributed by atoms with Gasteiger partial charge in [-0.1, -0.05) is 32.4 Å². The maximum absolute atomic E-state index is 6.31. The van der Waals surface area contributed by atoms with E-state index in [1.54, 1.807) is 0 Å². The Morgan fingerprint density at radius 3 is 2.47 bits per heavy atom. The molecule has 1 aromatic rings. The Morgan fingerprint density at radius 2 is 1.89 bits per heavy atom. The summed E-state index contributed by atoms with van der Waals surface area (Å²) >= 11 is 6.31. The SMILES string of the molecule is Cc1c(Cl)nc(C(C)(C)C)nc1N1CCCCC1C. The highest BCUT2D eigenvalue weighted by atomic mass is 35.5. The van der Waals surface area contributed by atoms with E-state index >= 15 is 0 Å². The van der Waals surface area contributed by atoms with Gasteiger partial charge in [-0.25, -0.2) is 9.97 Å². The van der Waals surface area contributed by atoms with E-state index in [1.807, 2.05) is 6.92 Å². The van der Waals surface area contributed by atoms with Crippen molar-refractivity contribution in [3.05, 3.63) is 16.5 Å². The van der Waals surface area contributed by atoms with Crippen LogP contribution < -0.4 is 4.90 Å². The van der Waals surface area contributed by atoms with Crippen molar-refractivity contribution in [1.82, 2.24) is 9.97 Å². The Bertz CT molecular complexity index is 465. The van der Waals surface area contributed by atoms with E-state index in [0.29, 0.717) is 11.2 Å². The van der Waals surface area contributed by atoms with Gasteiger partial charge in [0, 0.05) is 23.6 Å². The molecule has 1 fully saturated rings. The molecule has 2 heterocycles. The number of nitrogens with zero attached hydrogens (tertiary/aromatic N) is 3. The third-order valence-corrected chi connectivity index (χ3v) is 4.17. The van der Waals surface area contributed by atoms with Crippen molar-refractivity contribution >= 4 is 17.4 Å². The minimum Gasteiger partial charge on any atom is -0.354 e. The first-order chi connectivity index (χ1) is 8.80. The summed E-state index contributed by atoms with van der Waals surface area (Å²) in [7, 11) is 0. The Morgan fingerprint density at radius 1 is 1.21 bits per heavy atom. The summed E-state index contributed by atoms with van der Waals surface area (Å²) in [4.78, 5) is 11.7. The van der Waals surface area contributed by atoms with Gasteiger partial charge in [0.05, 0.1) is 0 Å². The van der Waals surface area contributed by atoms with Gasteiger partial charge in [-0.05, 0) is 33.1 Å². The number of rotatable bonds is 1. The van der Waals surface area contributed by atoms with Gasteiger partial charge in [0.15, 0.2) is 0 Å². The monoisotopic (exact) mass is 281 g/mol. The van der Waals surface area contributed by atoms with Gasteiger partial charge in [0.1, 0.15) is 16.8 Å². The van der Waals surface area contributed by atoms with Gasteiger partial charge in [-0.15, -0.1) is 0 Å². The van der Waals surface area contributed by atoms with Crippen LogP contribution in [0.1, 0.15) is 58.3 Å². The van der Waals surface area contributed by atoms with Crippen LogP contribution in [0.4, 0.5) is 5.82 Å². The molecule has 1 aliphatic rings. The second-order valence-corrected chi connectivity index (χ2v) is 6.93. The maximum atomic E-state index is 6.31. The van der Waals surface area contributed by atoms with Crippen LogP contribution in [0.3, 0.4) is 0 Å². The van der Waals surface area contributed by atoms with Gasteiger partial charge >= 0.3 is 0 Å². The zero-order chi connectivity index (χ0) is 14.2. The summed E-state index contributed by atoms with van der Waals surface area (Å²) in [5.74, 6) is 1.85. The molecule has 0 N–H and O–H groups in total. The largest absolute Gasteiger partial charge is 0.354 e. The molecule has 0 saturated carbocycles. The Balaban J connectivity index is 2.46. The normalized spacial score (nSPS) is 20.7. The third kappa shape index (κ3) is 3.02. The van der Waals surface area contributed by atoms with Crippen molar-refractivity contribution in [2.24, 2.45) is 0 Å². The number of piperidine rings is 1. The van der Waals surface area contributed by atoms with E-state index in [2.05, 4.69) is 37.6 Å². The molecule has 0 bridgehead atoms. The molecular weight excluding hydrogens is 258 g/mol. The average Bonchev–Trinajstić information content (AvgIpc) is 2.32. The zero-order valence-electron chi connectivity index (χ0n) is 12.6. The molecule has 2 rings (SSSR count). The quantitative estimate of drug-likeness (QED) is 0.725. The number of anilines is 1. The van der Waals surface area contributed by atoms with Crippen LogP contribution in [0, 0.1) is 6.92 Å². The van der Waals surface area contributed by atoms with E-state index in [0.717, 1.165) is 23.8 Å². The van der Waals surface area contributed by atoms with Crippen molar-refractivity contribution in [3.8, 4) is 0 Å². The molecule has 1 aromatic heterocycles. The van der Waals surface area contributed by atoms with Crippen molar-refractivity contribution in [2.75, 3.05) is 11.4 Å². The number of hydrogen-bond donors (Lipinski definition) is 0. The van der Waals surface area contributed by atoms with Crippen LogP contribution in [-0.4, -0.2) is 22.6 Å². The molecule has 0 spiro atoms. The lowest BCUT2D eigenvalue weighted by Crippen LogP contribution is -2.39. The summed E-state index contributed by atoms with van der Waals surface area (Å²) in [5.41, 5.74) is 0.925. The molecule has 0 aliphatic carbocycles. The topological polar surface area (TPSA) is 29.0 Å². The van der Waals surface area contributed by atoms with Crippen LogP contribution >= 0.6 is 11.6 Å². The molecule has 1 unspecified atom stereocenters. The smallest absolute Gasteiger partial charge is 0.137 e. The summed E-state index contributed by atoms with van der Waals surface area (Å²) in [5, 5.41) is 0.590. The molecule has 4 heteroatoms. The highest BCUT2D eigenvalue weighted by Crippen LogP contribution is 2.31. The lowest BCUT2D eigenvalue weighted by atomic mass is 9.95. The van der Waals surface area contributed by atoms with E-state index in [-0.39, 0.29) is 5.41 Å². The molecule has 1 aliphatic heterocycles. The molecule has 0 aromatic carbocycles. The average molecular weight is 282 g/mol. The van der Waals surface area contributed by atoms with Crippen LogP contribution in [0.15, 0.2) is 0 Å². The first-order valence-corrected chi connectivity index (χ1v) is 7.50. The molecule has 106 valence electrons. The third-order valence-electron chi connectivity index (χ3n) is 3.81. The van der Waals surface area contributed by atoms with Crippen LogP contribution in [0.5, 0.6) is 0 Å². The van der Waals surface area contributed by atoms with Gasteiger partial charge in [0.2, 0.25) is 0 Å². The summed E-state index contributed by atoms with van der Waals surface area (Å²) in [6.07, 6.45) is 3.77. The van der Waals surface area contributed by atoms with E-state index in [4.69, 9.17) is 16.6 Å². The summed E-state index contributed by atoms with van der Waals surface area (Å²) in [6.45, 7) is 11.7. The zero-order valence-corrected chi connectivity index (χ0v) is 13.4. The molecule has 1 atom stereocenters. The number of halogens is 1. The second kappa shape index (κ2) is 5.28. The fourth-order valence-corrected chi connectivity index (χ4v) is 2.67. The summed E-state index contributed by atoms with van der Waals surface area (Å²) < 4.78 is 0. The minimum atomic E-state index is -0.0783. The van der Waals surface area contributed by atoms with Crippen LogP contribution in [0.25, 0.3) is 0 Å². The van der Waals surface area contributed by atoms with Gasteiger partial charge in [0.25, 0.3) is 0 Å². The predicted molar refractivity (Wildman–Crippen MR) is 81.1 cm³/mol. The molecular formula is C15H24ClN3. The van der Waals surface area contributed by atoms with Crippen LogP contribution in [-0.2, 0) is 5.41 Å². The fourth-order valence-electron chi connectivity index (χ4n) is 2.51. The molecule has 3 nitrogen and oxygen atoms in total. The molecule has 0 amide bonds. The first-order valence-electron chi connectivity index (χ1n) is 7.12. The van der Waals surface area contributed by atoms with Gasteiger partial charge < -0.3 is 4.90 Å². The van der Waals surface area contributed by atoms with Crippen molar-refractivity contribution in [2.45, 2.75) is 65.3 Å². The Labute approximate surface area is 121 Å². The number of hydrogen-bond acceptors (Lipinski definition) is 3. The highest BCUT2D eigenvalue weighted by Gasteiger charge is 2.26. The minimum absolute atomic E-state index is 0.0783. The Hall–Kier alpha value is -0.830. The fraction of sp³-hybridized carbons (Fsp3) is 0.733. The van der Waals surface area contributed by atoms with E-state index in [9.17, 15) is 0 Å². The van der Waals surface area contributed by atoms with E-state index < -0.39 is 0 Å². The lowest BCUT2D eigenvalue weighted by Gasteiger charge is -2.36. The van der Waals surface area contributed by atoms with Crippen molar-refractivity contribution < 1.29 is 0 Å². The highest BCUT2D eigenvalue weighted by molar-refractivity contribution is 6.30. The lowest BCUT2D eigenvalue weighted by molar-refractivity contribution is 0.475. The standard InChI is InChI=1S/C15H24ClN3/c1-10-8-6-7-9-19(10)13-11(2)12(16)17-14(18-13)15(3,4)5/h10H,6-9H2,1-5H3. The van der Waals surface area contributed by atoms with Crippen LogP contribution in [0.2, 0.25) is 5.15 Å². The molecule has 1 saturated heterocycles. The first kappa shape index (κ1) is 14.6. The number of aromatic nitrogens is 2. The van der Waals surface area contributed by atoms with Crippen molar-refractivity contribution in [3.63, 3.8) is 0 Å². The van der Waals surface area contributed by atoms with E-state index in [1.165, 1.54) is 19.3 Å². The Kier molecular flexibility index (Phi) is 4.05. The maximum Gasteiger partial charge on any atom is 0.137 e.